The summed E-state index contributed by atoms with van der Waals surface area (Å²) in [7, 11) is 1.34. The number of methoxy groups -OCH3 is 1. The molecule has 2 fully saturated rings. The molecular weight excluding hydrogens is 494 g/mol. The Bertz CT molecular complexity index is 1280. The van der Waals surface area contributed by atoms with Gasteiger partial charge in [-0.1, -0.05) is 19.3 Å². The Balaban J connectivity index is 1.32. The second-order valence-corrected chi connectivity index (χ2v) is 11.8. The number of hydrogen-bond donors (Lipinski definition) is 3. The summed E-state index contributed by atoms with van der Waals surface area (Å²) in [6.07, 6.45) is 7.53. The Morgan fingerprint density at radius 2 is 1.84 bits per heavy atom. The van der Waals surface area contributed by atoms with E-state index in [2.05, 4.69) is 30.5 Å². The van der Waals surface area contributed by atoms with Gasteiger partial charge in [-0.15, -0.1) is 0 Å². The number of H-pyrrole nitrogens is 1. The minimum atomic E-state index is -3.40. The van der Waals surface area contributed by atoms with Crippen molar-refractivity contribution < 1.29 is 13.2 Å². The highest BCUT2D eigenvalue weighted by Crippen LogP contribution is 2.34. The van der Waals surface area contributed by atoms with Crippen LogP contribution in [0.4, 0.5) is 23.1 Å². The summed E-state index contributed by atoms with van der Waals surface area (Å²) in [6, 6.07) is 6.30. The molecule has 3 aliphatic heterocycles. The van der Waals surface area contributed by atoms with Crippen LogP contribution in [0.25, 0.3) is 11.5 Å². The minimum absolute atomic E-state index is 0.387. The molecule has 200 valence electrons. The van der Waals surface area contributed by atoms with Gasteiger partial charge in [0.25, 0.3) is 10.2 Å². The molecule has 4 aliphatic rings. The lowest BCUT2D eigenvalue weighted by Crippen LogP contribution is -2.51. The lowest BCUT2D eigenvalue weighted by atomic mass is 9.95. The van der Waals surface area contributed by atoms with Gasteiger partial charge in [0.15, 0.2) is 11.6 Å². The third kappa shape index (κ3) is 5.43. The molecule has 1 aliphatic carbocycles. The third-order valence-corrected chi connectivity index (χ3v) is 9.00. The molecule has 0 radical (unpaired) electrons. The number of aromatic nitrogens is 4. The van der Waals surface area contributed by atoms with Crippen molar-refractivity contribution in [2.24, 2.45) is 0 Å². The van der Waals surface area contributed by atoms with Gasteiger partial charge in [0.1, 0.15) is 17.8 Å². The van der Waals surface area contributed by atoms with Crippen LogP contribution < -0.4 is 20.3 Å². The van der Waals surface area contributed by atoms with E-state index in [9.17, 15) is 8.42 Å². The zero-order valence-corrected chi connectivity index (χ0v) is 22.4. The standard InChI is InChI=1S/C24H35N9O3S/c1-31(2)37(34,35)33-13-11-32(12-14-33)18-9-10-19(20(15-18)36-3)28-24-29-22-21(25-16-26-22)23(30-24)27-17-7-5-4-6-8-17/h9-10,15-17H,4-8,11-14H2,1-3H3,(H3,25,26,27,28,29,30). The zero-order chi connectivity index (χ0) is 26.0. The highest BCUT2D eigenvalue weighted by molar-refractivity contribution is 7.86. The maximum Gasteiger partial charge on any atom is 0.281 e. The topological polar surface area (TPSA) is 132 Å². The summed E-state index contributed by atoms with van der Waals surface area (Å²) in [5.41, 5.74) is 2.46. The Morgan fingerprint density at radius 3 is 2.54 bits per heavy atom. The fraction of sp³-hybridized carbons (Fsp3) is 0.542. The van der Waals surface area contributed by atoms with E-state index < -0.39 is 10.2 Å². The summed E-state index contributed by atoms with van der Waals surface area (Å²) in [4.78, 5) is 18.9. The average Bonchev–Trinajstić information content (AvgIpc) is 3.38. The van der Waals surface area contributed by atoms with Crippen molar-refractivity contribution in [1.29, 1.82) is 0 Å². The van der Waals surface area contributed by atoms with Crippen molar-refractivity contribution in [2.75, 3.05) is 62.9 Å². The van der Waals surface area contributed by atoms with Crippen LogP contribution in [0.15, 0.2) is 24.5 Å². The molecule has 37 heavy (non-hydrogen) atoms. The second-order valence-electron chi connectivity index (χ2n) is 9.67. The largest absolute Gasteiger partial charge is 0.494 e. The van der Waals surface area contributed by atoms with E-state index >= 15 is 0 Å². The number of fused-ring (bicyclic) bond motifs is 1. The fourth-order valence-corrected chi connectivity index (χ4v) is 6.04. The van der Waals surface area contributed by atoms with E-state index in [1.54, 1.807) is 21.2 Å². The average molecular weight is 530 g/mol. The first-order valence-corrected chi connectivity index (χ1v) is 14.1. The van der Waals surface area contributed by atoms with Crippen molar-refractivity contribution in [3.05, 3.63) is 24.5 Å². The lowest BCUT2D eigenvalue weighted by Gasteiger charge is -2.36. The van der Waals surface area contributed by atoms with Crippen LogP contribution in [-0.4, -0.2) is 90.4 Å². The van der Waals surface area contributed by atoms with E-state index in [-0.39, 0.29) is 0 Å². The number of rotatable bonds is 8. The molecule has 0 bridgehead atoms. The van der Waals surface area contributed by atoms with Crippen LogP contribution in [0.3, 0.4) is 0 Å². The zero-order valence-electron chi connectivity index (χ0n) is 21.6. The number of ether oxygens (including phenoxy) is 1. The van der Waals surface area contributed by atoms with E-state index in [4.69, 9.17) is 9.72 Å². The van der Waals surface area contributed by atoms with Gasteiger partial charge in [-0.3, -0.25) is 0 Å². The molecule has 0 amide bonds. The second kappa shape index (κ2) is 10.7. The third-order valence-electron chi connectivity index (χ3n) is 7.06. The van der Waals surface area contributed by atoms with Crippen molar-refractivity contribution in [3.8, 4) is 17.3 Å². The van der Waals surface area contributed by atoms with Crippen LogP contribution in [0, 0.1) is 0 Å². The smallest absolute Gasteiger partial charge is 0.281 e. The number of imidazole rings is 1. The SMILES string of the molecule is COc1cc(N2CCN(S(=O)(=O)N(C)C)CC2)ccc1Nc1nc(NC2CCCCC2)c2ncnc-2[nH]1. The van der Waals surface area contributed by atoms with Crippen LogP contribution >= 0.6 is 0 Å². The van der Waals surface area contributed by atoms with Crippen molar-refractivity contribution in [3.63, 3.8) is 0 Å². The van der Waals surface area contributed by atoms with E-state index in [0.717, 1.165) is 35.7 Å². The predicted octanol–water partition coefficient (Wildman–Crippen LogP) is 2.73. The van der Waals surface area contributed by atoms with Gasteiger partial charge in [0.2, 0.25) is 5.95 Å². The number of nitrogens with one attached hydrogen (secondary N) is 3. The highest BCUT2D eigenvalue weighted by atomic mass is 32.2. The molecule has 1 aromatic carbocycles. The first kappa shape index (κ1) is 25.5. The molecule has 12 nitrogen and oxygen atoms in total. The highest BCUT2D eigenvalue weighted by Gasteiger charge is 2.29. The maximum absolute atomic E-state index is 12.4. The molecule has 0 aromatic heterocycles. The quantitative estimate of drug-likeness (QED) is 0.403. The van der Waals surface area contributed by atoms with Crippen molar-refractivity contribution >= 4 is 33.4 Å². The van der Waals surface area contributed by atoms with Crippen LogP contribution in [-0.2, 0) is 10.2 Å². The predicted molar refractivity (Wildman–Crippen MR) is 144 cm³/mol. The van der Waals surface area contributed by atoms with E-state index in [1.807, 2.05) is 18.2 Å². The van der Waals surface area contributed by atoms with Crippen LogP contribution in [0.1, 0.15) is 32.1 Å². The minimum Gasteiger partial charge on any atom is -0.494 e. The molecule has 0 unspecified atom stereocenters. The molecule has 1 aromatic rings. The van der Waals surface area contributed by atoms with E-state index in [1.165, 1.54) is 34.2 Å². The van der Waals surface area contributed by atoms with Gasteiger partial charge in [-0.2, -0.15) is 22.0 Å². The molecule has 1 saturated carbocycles. The number of nitrogens with zero attached hydrogens (tertiary/aromatic N) is 6. The lowest BCUT2D eigenvalue weighted by molar-refractivity contribution is 0.355. The maximum atomic E-state index is 12.4. The Morgan fingerprint density at radius 1 is 1.08 bits per heavy atom. The number of aromatic amines is 1. The summed E-state index contributed by atoms with van der Waals surface area (Å²) in [5.74, 6) is 2.59. The summed E-state index contributed by atoms with van der Waals surface area (Å²) in [5, 5.41) is 6.92. The van der Waals surface area contributed by atoms with Gasteiger partial charge in [0.05, 0.1) is 12.8 Å². The first-order valence-electron chi connectivity index (χ1n) is 12.7. The Labute approximate surface area is 218 Å². The monoisotopic (exact) mass is 529 g/mol. The summed E-state index contributed by atoms with van der Waals surface area (Å²) in [6.45, 7) is 2.06. The summed E-state index contributed by atoms with van der Waals surface area (Å²) >= 11 is 0. The number of benzene rings is 1. The molecule has 5 rings (SSSR count). The number of hydrogen-bond acceptors (Lipinski definition) is 9. The molecule has 13 heteroatoms. The van der Waals surface area contributed by atoms with Crippen molar-refractivity contribution in [1.82, 2.24) is 28.5 Å². The van der Waals surface area contributed by atoms with Gasteiger partial charge in [-0.25, -0.2) is 9.97 Å². The van der Waals surface area contributed by atoms with Gasteiger partial charge >= 0.3 is 0 Å². The molecule has 1 saturated heterocycles. The normalized spacial score (nSPS) is 17.9. The van der Waals surface area contributed by atoms with Gasteiger partial charge in [-0.05, 0) is 25.0 Å². The number of piperazine rings is 1. The Hall–Kier alpha value is -3.16. The van der Waals surface area contributed by atoms with Crippen LogP contribution in [0.2, 0.25) is 0 Å². The van der Waals surface area contributed by atoms with E-state index in [0.29, 0.717) is 49.7 Å². The summed E-state index contributed by atoms with van der Waals surface area (Å²) < 4.78 is 33.3. The Kier molecular flexibility index (Phi) is 7.36. The van der Waals surface area contributed by atoms with Gasteiger partial charge in [0, 0.05) is 58.1 Å². The fourth-order valence-electron chi connectivity index (χ4n) is 4.95. The molecule has 0 spiro atoms. The molecular formula is C24H35N9O3S. The molecule has 0 atom stereocenters. The van der Waals surface area contributed by atoms with Crippen molar-refractivity contribution in [2.45, 2.75) is 38.1 Å². The first-order chi connectivity index (χ1) is 17.8. The molecule has 3 heterocycles. The van der Waals surface area contributed by atoms with Crippen LogP contribution in [0.5, 0.6) is 5.75 Å². The van der Waals surface area contributed by atoms with Gasteiger partial charge < -0.3 is 25.3 Å². The number of anilines is 4. The molecule has 3 N–H and O–H groups in total.